The number of imide groups is 1. The van der Waals surface area contributed by atoms with Crippen LogP contribution >= 0.6 is 27.7 Å². The lowest BCUT2D eigenvalue weighted by molar-refractivity contribution is -0.122. The number of thioether (sulfide) groups is 1. The zero-order valence-corrected chi connectivity index (χ0v) is 14.5. The van der Waals surface area contributed by atoms with E-state index in [9.17, 15) is 9.59 Å². The molecular weight excluding hydrogens is 376 g/mol. The van der Waals surface area contributed by atoms with Gasteiger partial charge in [0.2, 0.25) is 0 Å². The molecule has 6 heteroatoms. The predicted octanol–water partition coefficient (Wildman–Crippen LogP) is 4.46. The number of rotatable bonds is 4. The maximum atomic E-state index is 12.3. The molecule has 0 bridgehead atoms. The summed E-state index contributed by atoms with van der Waals surface area (Å²) in [7, 11) is 0. The standard InChI is InChI=1S/C17H13BrN2O2S/c1-2-8-20-16(21)15(23-17(20)22)11-14-7-4-9-19(14)13-6-3-5-12(18)10-13/h2-7,9-11H,1,8H2/b15-11+. The molecule has 1 aliphatic heterocycles. The number of carbonyl (C=O) groups is 2. The van der Waals surface area contributed by atoms with Crippen LogP contribution in [-0.4, -0.2) is 27.2 Å². The first-order valence-corrected chi connectivity index (χ1v) is 8.50. The molecule has 1 saturated heterocycles. The van der Waals surface area contributed by atoms with Gasteiger partial charge in [-0.3, -0.25) is 14.5 Å². The van der Waals surface area contributed by atoms with Crippen LogP contribution in [0.1, 0.15) is 5.69 Å². The van der Waals surface area contributed by atoms with Gasteiger partial charge in [-0.25, -0.2) is 0 Å². The van der Waals surface area contributed by atoms with Crippen molar-refractivity contribution in [2.45, 2.75) is 0 Å². The van der Waals surface area contributed by atoms with E-state index in [2.05, 4.69) is 22.5 Å². The first-order valence-electron chi connectivity index (χ1n) is 6.89. The van der Waals surface area contributed by atoms with Crippen molar-refractivity contribution >= 4 is 44.9 Å². The lowest BCUT2D eigenvalue weighted by atomic mass is 10.3. The van der Waals surface area contributed by atoms with E-state index < -0.39 is 0 Å². The van der Waals surface area contributed by atoms with Gasteiger partial charge in [-0.15, -0.1) is 6.58 Å². The summed E-state index contributed by atoms with van der Waals surface area (Å²) >= 11 is 4.41. The number of hydrogen-bond donors (Lipinski definition) is 0. The molecule has 0 saturated carbocycles. The second kappa shape index (κ2) is 6.60. The summed E-state index contributed by atoms with van der Waals surface area (Å²) in [5.74, 6) is -0.276. The van der Waals surface area contributed by atoms with Gasteiger partial charge in [0.25, 0.3) is 11.1 Å². The second-order valence-electron chi connectivity index (χ2n) is 4.86. The maximum absolute atomic E-state index is 12.3. The zero-order valence-electron chi connectivity index (χ0n) is 12.1. The fraction of sp³-hybridized carbons (Fsp3) is 0.0588. The minimum Gasteiger partial charge on any atom is -0.317 e. The van der Waals surface area contributed by atoms with Gasteiger partial charge in [-0.05, 0) is 48.2 Å². The summed E-state index contributed by atoms with van der Waals surface area (Å²) in [6, 6.07) is 11.7. The van der Waals surface area contributed by atoms with Crippen molar-refractivity contribution in [1.29, 1.82) is 0 Å². The molecule has 1 aromatic carbocycles. The quantitative estimate of drug-likeness (QED) is 0.573. The highest BCUT2D eigenvalue weighted by molar-refractivity contribution is 9.10. The van der Waals surface area contributed by atoms with Crippen LogP contribution in [-0.2, 0) is 4.79 Å². The van der Waals surface area contributed by atoms with Gasteiger partial charge in [-0.1, -0.05) is 28.1 Å². The molecule has 1 aromatic heterocycles. The first-order chi connectivity index (χ1) is 11.1. The molecule has 4 nitrogen and oxygen atoms in total. The summed E-state index contributed by atoms with van der Waals surface area (Å²) in [6.07, 6.45) is 5.21. The molecule has 2 heterocycles. The molecular formula is C17H13BrN2O2S. The van der Waals surface area contributed by atoms with Gasteiger partial charge in [0.05, 0.1) is 4.91 Å². The van der Waals surface area contributed by atoms with Crippen LogP contribution in [0, 0.1) is 0 Å². The third-order valence-corrected chi connectivity index (χ3v) is 4.73. The highest BCUT2D eigenvalue weighted by Gasteiger charge is 2.34. The second-order valence-corrected chi connectivity index (χ2v) is 6.77. The third-order valence-electron chi connectivity index (χ3n) is 3.33. The van der Waals surface area contributed by atoms with Crippen molar-refractivity contribution in [2.24, 2.45) is 0 Å². The van der Waals surface area contributed by atoms with E-state index in [1.807, 2.05) is 47.2 Å². The number of nitrogens with zero attached hydrogens (tertiary/aromatic N) is 2. The minimum atomic E-state index is -0.276. The van der Waals surface area contributed by atoms with Gasteiger partial charge in [0.15, 0.2) is 0 Å². The van der Waals surface area contributed by atoms with Crippen LogP contribution in [0.3, 0.4) is 0 Å². The summed E-state index contributed by atoms with van der Waals surface area (Å²) in [5.41, 5.74) is 1.81. The van der Waals surface area contributed by atoms with Gasteiger partial charge >= 0.3 is 0 Å². The topological polar surface area (TPSA) is 42.3 Å². The molecule has 1 fully saturated rings. The molecule has 0 spiro atoms. The number of benzene rings is 1. The molecule has 0 unspecified atom stereocenters. The normalized spacial score (nSPS) is 16.4. The van der Waals surface area contributed by atoms with Crippen LogP contribution in [0.2, 0.25) is 0 Å². The Hall–Kier alpha value is -2.05. The monoisotopic (exact) mass is 388 g/mol. The molecule has 23 heavy (non-hydrogen) atoms. The Labute approximate surface area is 146 Å². The Morgan fingerprint density at radius 1 is 1.22 bits per heavy atom. The number of carbonyl (C=O) groups excluding carboxylic acids is 2. The maximum Gasteiger partial charge on any atom is 0.293 e. The Balaban J connectivity index is 1.96. The van der Waals surface area contributed by atoms with Gasteiger partial charge in [0.1, 0.15) is 0 Å². The van der Waals surface area contributed by atoms with E-state index in [0.29, 0.717) is 4.91 Å². The molecule has 0 N–H and O–H groups in total. The van der Waals surface area contributed by atoms with Crippen molar-refractivity contribution in [3.63, 3.8) is 0 Å². The molecule has 0 radical (unpaired) electrons. The Kier molecular flexibility index (Phi) is 4.54. The van der Waals surface area contributed by atoms with Gasteiger partial charge in [0, 0.05) is 28.6 Å². The van der Waals surface area contributed by atoms with Crippen LogP contribution in [0.4, 0.5) is 4.79 Å². The average Bonchev–Trinajstić information content (AvgIpc) is 3.08. The molecule has 116 valence electrons. The molecule has 3 rings (SSSR count). The molecule has 2 amide bonds. The van der Waals surface area contributed by atoms with E-state index >= 15 is 0 Å². The molecule has 1 aliphatic rings. The Morgan fingerprint density at radius 2 is 2.04 bits per heavy atom. The van der Waals surface area contributed by atoms with Crippen molar-refractivity contribution < 1.29 is 9.59 Å². The van der Waals surface area contributed by atoms with Gasteiger partial charge < -0.3 is 4.57 Å². The van der Waals surface area contributed by atoms with Gasteiger partial charge in [-0.2, -0.15) is 0 Å². The molecule has 2 aromatic rings. The van der Waals surface area contributed by atoms with Crippen molar-refractivity contribution in [3.05, 3.63) is 70.3 Å². The van der Waals surface area contributed by atoms with Crippen LogP contribution < -0.4 is 0 Å². The number of hydrogen-bond acceptors (Lipinski definition) is 3. The first kappa shape index (κ1) is 15.8. The smallest absolute Gasteiger partial charge is 0.293 e. The summed E-state index contributed by atoms with van der Waals surface area (Å²) in [4.78, 5) is 25.8. The lowest BCUT2D eigenvalue weighted by Gasteiger charge is -2.09. The minimum absolute atomic E-state index is 0.231. The van der Waals surface area contributed by atoms with E-state index in [-0.39, 0.29) is 17.7 Å². The van der Waals surface area contributed by atoms with Crippen LogP contribution in [0.5, 0.6) is 0 Å². The fourth-order valence-electron chi connectivity index (χ4n) is 2.29. The van der Waals surface area contributed by atoms with Crippen molar-refractivity contribution in [1.82, 2.24) is 9.47 Å². The number of amides is 2. The van der Waals surface area contributed by atoms with E-state index in [1.165, 1.54) is 4.90 Å². The highest BCUT2D eigenvalue weighted by Crippen LogP contribution is 2.32. The fourth-order valence-corrected chi connectivity index (χ4v) is 3.51. The SMILES string of the molecule is C=CCN1C(=O)S/C(=C/c2cccn2-c2cccc(Br)c2)C1=O. The number of aromatic nitrogens is 1. The zero-order chi connectivity index (χ0) is 16.4. The average molecular weight is 389 g/mol. The molecule has 0 atom stereocenters. The van der Waals surface area contributed by atoms with Crippen LogP contribution in [0.15, 0.2) is 64.6 Å². The highest BCUT2D eigenvalue weighted by atomic mass is 79.9. The largest absolute Gasteiger partial charge is 0.317 e. The van der Waals surface area contributed by atoms with E-state index in [0.717, 1.165) is 27.6 Å². The lowest BCUT2D eigenvalue weighted by Crippen LogP contribution is -2.27. The Bertz CT molecular complexity index is 826. The summed E-state index contributed by atoms with van der Waals surface area (Å²) in [5, 5.41) is -0.262. The summed E-state index contributed by atoms with van der Waals surface area (Å²) in [6.45, 7) is 3.80. The van der Waals surface area contributed by atoms with Crippen molar-refractivity contribution in [2.75, 3.05) is 6.54 Å². The van der Waals surface area contributed by atoms with Crippen LogP contribution in [0.25, 0.3) is 11.8 Å². The predicted molar refractivity (Wildman–Crippen MR) is 96.3 cm³/mol. The number of halogens is 1. The third kappa shape index (κ3) is 3.18. The summed E-state index contributed by atoms with van der Waals surface area (Å²) < 4.78 is 2.94. The van der Waals surface area contributed by atoms with E-state index in [4.69, 9.17) is 0 Å². The Morgan fingerprint density at radius 3 is 2.78 bits per heavy atom. The van der Waals surface area contributed by atoms with Crippen molar-refractivity contribution in [3.8, 4) is 5.69 Å². The molecule has 0 aliphatic carbocycles. The van der Waals surface area contributed by atoms with E-state index in [1.54, 1.807) is 12.2 Å².